The zero-order valence-electron chi connectivity index (χ0n) is 10.8. The van der Waals surface area contributed by atoms with Crippen LogP contribution in [0.2, 0.25) is 0 Å². The van der Waals surface area contributed by atoms with Crippen LogP contribution in [0.1, 0.15) is 31.2 Å². The van der Waals surface area contributed by atoms with Gasteiger partial charge < -0.3 is 10.2 Å². The van der Waals surface area contributed by atoms with Crippen molar-refractivity contribution in [3.63, 3.8) is 0 Å². The molecule has 18 heavy (non-hydrogen) atoms. The maximum absolute atomic E-state index is 9.62. The van der Waals surface area contributed by atoms with Gasteiger partial charge in [-0.25, -0.2) is 0 Å². The third kappa shape index (κ3) is 3.80. The van der Waals surface area contributed by atoms with E-state index in [2.05, 4.69) is 29.2 Å². The Hall–Kier alpha value is -0.900. The Morgan fingerprint density at radius 2 is 2.00 bits per heavy atom. The highest BCUT2D eigenvalue weighted by Gasteiger charge is 2.24. The minimum Gasteiger partial charge on any atom is -0.394 e. The van der Waals surface area contributed by atoms with Crippen molar-refractivity contribution in [2.45, 2.75) is 44.4 Å². The van der Waals surface area contributed by atoms with E-state index >= 15 is 0 Å². The van der Waals surface area contributed by atoms with Gasteiger partial charge in [0, 0.05) is 12.6 Å². The molecule has 1 fully saturated rings. The van der Waals surface area contributed by atoms with Crippen molar-refractivity contribution in [2.24, 2.45) is 0 Å². The molecule has 100 valence electrons. The number of rotatable bonds is 5. The lowest BCUT2D eigenvalue weighted by molar-refractivity contribution is 0.0408. The second-order valence-electron chi connectivity index (χ2n) is 5.18. The Kier molecular flexibility index (Phi) is 5.17. The van der Waals surface area contributed by atoms with Crippen LogP contribution in [0.4, 0.5) is 0 Å². The van der Waals surface area contributed by atoms with Crippen molar-refractivity contribution in [3.8, 4) is 0 Å². The molecule has 0 aromatic heterocycles. The summed E-state index contributed by atoms with van der Waals surface area (Å²) in [6.07, 6.45) is 3.70. The van der Waals surface area contributed by atoms with Gasteiger partial charge in [-0.3, -0.25) is 4.90 Å². The third-order valence-corrected chi connectivity index (χ3v) is 3.73. The summed E-state index contributed by atoms with van der Waals surface area (Å²) in [5.41, 5.74) is 1.32. The summed E-state index contributed by atoms with van der Waals surface area (Å²) in [5.74, 6) is 0. The fourth-order valence-electron chi connectivity index (χ4n) is 2.74. The van der Waals surface area contributed by atoms with Gasteiger partial charge in [-0.05, 0) is 31.4 Å². The van der Waals surface area contributed by atoms with E-state index in [1.807, 2.05) is 6.07 Å². The highest BCUT2D eigenvalue weighted by Crippen LogP contribution is 2.22. The lowest BCUT2D eigenvalue weighted by atomic mass is 9.96. The van der Waals surface area contributed by atoms with Gasteiger partial charge in [0.2, 0.25) is 0 Å². The number of likely N-dealkylation sites (tertiary alicyclic amines) is 1. The standard InChI is InChI=1S/C15H23NO2/c17-12-15(18)10-14-8-4-5-9-16(14)11-13-6-2-1-3-7-13/h1-3,6-7,14-15,17-18H,4-5,8-12H2/t14-,15-/m0/s1. The van der Waals surface area contributed by atoms with Crippen LogP contribution < -0.4 is 0 Å². The summed E-state index contributed by atoms with van der Waals surface area (Å²) in [7, 11) is 0. The lowest BCUT2D eigenvalue weighted by Gasteiger charge is -2.36. The van der Waals surface area contributed by atoms with Crippen molar-refractivity contribution in [1.82, 2.24) is 4.90 Å². The molecule has 2 rings (SSSR count). The first-order valence-electron chi connectivity index (χ1n) is 6.86. The fraction of sp³-hybridized carbons (Fsp3) is 0.600. The molecule has 2 N–H and O–H groups in total. The average Bonchev–Trinajstić information content (AvgIpc) is 2.42. The van der Waals surface area contributed by atoms with E-state index in [1.165, 1.54) is 18.4 Å². The quantitative estimate of drug-likeness (QED) is 0.836. The van der Waals surface area contributed by atoms with Gasteiger partial charge in [0.15, 0.2) is 0 Å². The monoisotopic (exact) mass is 249 g/mol. The van der Waals surface area contributed by atoms with Crippen LogP contribution >= 0.6 is 0 Å². The minimum atomic E-state index is -0.577. The van der Waals surface area contributed by atoms with Crippen LogP contribution in [0, 0.1) is 0 Å². The summed E-state index contributed by atoms with van der Waals surface area (Å²) < 4.78 is 0. The normalized spacial score (nSPS) is 22.9. The van der Waals surface area contributed by atoms with Crippen LogP contribution in [0.3, 0.4) is 0 Å². The second-order valence-corrected chi connectivity index (χ2v) is 5.18. The molecule has 1 aromatic rings. The number of hydrogen-bond donors (Lipinski definition) is 2. The van der Waals surface area contributed by atoms with Gasteiger partial charge in [-0.15, -0.1) is 0 Å². The molecule has 0 radical (unpaired) electrons. The molecule has 0 amide bonds. The summed E-state index contributed by atoms with van der Waals surface area (Å²) in [5, 5.41) is 18.6. The summed E-state index contributed by atoms with van der Waals surface area (Å²) in [6, 6.07) is 10.9. The molecule has 1 aliphatic heterocycles. The van der Waals surface area contributed by atoms with Crippen molar-refractivity contribution < 1.29 is 10.2 Å². The zero-order valence-corrected chi connectivity index (χ0v) is 10.8. The first-order valence-corrected chi connectivity index (χ1v) is 6.86. The topological polar surface area (TPSA) is 43.7 Å². The number of nitrogens with zero attached hydrogens (tertiary/aromatic N) is 1. The molecule has 0 spiro atoms. The smallest absolute Gasteiger partial charge is 0.0785 e. The van der Waals surface area contributed by atoms with Gasteiger partial charge >= 0.3 is 0 Å². The lowest BCUT2D eigenvalue weighted by Crippen LogP contribution is -2.41. The van der Waals surface area contributed by atoms with Crippen molar-refractivity contribution in [1.29, 1.82) is 0 Å². The number of hydrogen-bond acceptors (Lipinski definition) is 3. The molecule has 0 saturated carbocycles. The highest BCUT2D eigenvalue weighted by molar-refractivity contribution is 5.14. The molecule has 1 heterocycles. The van der Waals surface area contributed by atoms with Crippen LogP contribution in [0.15, 0.2) is 30.3 Å². The highest BCUT2D eigenvalue weighted by atomic mass is 16.3. The first-order chi connectivity index (χ1) is 8.79. The average molecular weight is 249 g/mol. The molecule has 0 unspecified atom stereocenters. The number of piperidine rings is 1. The molecular weight excluding hydrogens is 226 g/mol. The summed E-state index contributed by atoms with van der Waals surface area (Å²) in [6.45, 7) is 1.91. The van der Waals surface area contributed by atoms with Crippen LogP contribution in [-0.4, -0.2) is 40.4 Å². The maximum atomic E-state index is 9.62. The van der Waals surface area contributed by atoms with Crippen LogP contribution in [0.5, 0.6) is 0 Å². The molecule has 1 aromatic carbocycles. The Morgan fingerprint density at radius 3 is 2.72 bits per heavy atom. The van der Waals surface area contributed by atoms with E-state index in [-0.39, 0.29) is 6.61 Å². The SMILES string of the molecule is OC[C@@H](O)C[C@@H]1CCCCN1Cc1ccccc1. The molecule has 0 aliphatic carbocycles. The Morgan fingerprint density at radius 1 is 1.22 bits per heavy atom. The van der Waals surface area contributed by atoms with Gasteiger partial charge in [-0.1, -0.05) is 36.8 Å². The molecule has 0 bridgehead atoms. The zero-order chi connectivity index (χ0) is 12.8. The largest absolute Gasteiger partial charge is 0.394 e. The third-order valence-electron chi connectivity index (χ3n) is 3.73. The molecule has 3 heteroatoms. The molecule has 3 nitrogen and oxygen atoms in total. The van der Waals surface area contributed by atoms with E-state index in [0.717, 1.165) is 19.5 Å². The van der Waals surface area contributed by atoms with Crippen molar-refractivity contribution >= 4 is 0 Å². The predicted molar refractivity (Wildman–Crippen MR) is 72.2 cm³/mol. The molecule has 2 atom stereocenters. The molecule has 1 aliphatic rings. The Bertz CT molecular complexity index is 342. The number of benzene rings is 1. The van der Waals surface area contributed by atoms with Crippen LogP contribution in [-0.2, 0) is 6.54 Å². The summed E-state index contributed by atoms with van der Waals surface area (Å²) in [4.78, 5) is 2.44. The van der Waals surface area contributed by atoms with E-state index in [9.17, 15) is 5.11 Å². The first kappa shape index (κ1) is 13.5. The van der Waals surface area contributed by atoms with E-state index in [1.54, 1.807) is 0 Å². The maximum Gasteiger partial charge on any atom is 0.0785 e. The van der Waals surface area contributed by atoms with Gasteiger partial charge in [0.25, 0.3) is 0 Å². The van der Waals surface area contributed by atoms with Crippen molar-refractivity contribution in [2.75, 3.05) is 13.2 Å². The van der Waals surface area contributed by atoms with Gasteiger partial charge in [0.1, 0.15) is 0 Å². The van der Waals surface area contributed by atoms with E-state index in [4.69, 9.17) is 5.11 Å². The number of aliphatic hydroxyl groups excluding tert-OH is 2. The van der Waals surface area contributed by atoms with Gasteiger partial charge in [0.05, 0.1) is 12.7 Å². The summed E-state index contributed by atoms with van der Waals surface area (Å²) >= 11 is 0. The predicted octanol–water partition coefficient (Wildman–Crippen LogP) is 1.78. The Labute approximate surface area is 109 Å². The molecule has 1 saturated heterocycles. The van der Waals surface area contributed by atoms with Crippen LogP contribution in [0.25, 0.3) is 0 Å². The van der Waals surface area contributed by atoms with Gasteiger partial charge in [-0.2, -0.15) is 0 Å². The molecular formula is C15H23NO2. The van der Waals surface area contributed by atoms with E-state index < -0.39 is 6.10 Å². The van der Waals surface area contributed by atoms with E-state index in [0.29, 0.717) is 12.5 Å². The second kappa shape index (κ2) is 6.88. The fourth-order valence-corrected chi connectivity index (χ4v) is 2.74. The number of aliphatic hydroxyl groups is 2. The Balaban J connectivity index is 1.95. The van der Waals surface area contributed by atoms with Crippen molar-refractivity contribution in [3.05, 3.63) is 35.9 Å². The minimum absolute atomic E-state index is 0.129.